The van der Waals surface area contributed by atoms with Gasteiger partial charge in [-0.2, -0.15) is 12.7 Å². The highest BCUT2D eigenvalue weighted by molar-refractivity contribution is 7.87. The number of nitrogens with zero attached hydrogens (tertiary/aromatic N) is 1. The number of hydrogen-bond donors (Lipinski definition) is 3. The molecular weight excluding hydrogens is 432 g/mol. The molecule has 3 N–H and O–H groups in total. The topological polar surface area (TPSA) is 117 Å². The predicted octanol–water partition coefficient (Wildman–Crippen LogP) is 0.299. The van der Waals surface area contributed by atoms with Gasteiger partial charge in [-0.15, -0.1) is 6.58 Å². The lowest BCUT2D eigenvalue weighted by Crippen LogP contribution is -2.57. The highest BCUT2D eigenvalue weighted by Gasteiger charge is 2.78. The molecule has 3 saturated carbocycles. The third-order valence-corrected chi connectivity index (χ3v) is 10.7. The zero-order chi connectivity index (χ0) is 23.0. The second-order valence-electron chi connectivity index (χ2n) is 11.0. The van der Waals surface area contributed by atoms with Crippen molar-refractivity contribution in [3.63, 3.8) is 0 Å². The van der Waals surface area contributed by atoms with E-state index in [4.69, 9.17) is 4.74 Å². The molecule has 3 aliphatic carbocycles. The highest BCUT2D eigenvalue weighted by Crippen LogP contribution is 2.83. The lowest BCUT2D eigenvalue weighted by Gasteiger charge is -2.49. The maximum atomic E-state index is 13.2. The van der Waals surface area contributed by atoms with E-state index in [1.807, 2.05) is 0 Å². The molecule has 2 aliphatic heterocycles. The molecule has 0 radical (unpaired) electrons. The SMILES string of the molecule is C=C[C@@H]1C[C@]1(NC(=O)C1CC2(CN1)CC21CCC1(C)C)C(=O)NS(=O)(=O)N1CCOCC1. The Bertz CT molecular complexity index is 961. The Morgan fingerprint density at radius 3 is 2.44 bits per heavy atom. The molecule has 5 aliphatic rings. The molecule has 9 nitrogen and oxygen atoms in total. The summed E-state index contributed by atoms with van der Waals surface area (Å²) in [5.41, 5.74) is -0.425. The van der Waals surface area contributed by atoms with E-state index in [9.17, 15) is 18.0 Å². The summed E-state index contributed by atoms with van der Waals surface area (Å²) >= 11 is 0. The molecule has 5 atom stereocenters. The van der Waals surface area contributed by atoms with Crippen molar-refractivity contribution in [2.45, 2.75) is 57.5 Å². The van der Waals surface area contributed by atoms with Crippen LogP contribution in [0.1, 0.15) is 46.0 Å². The third-order valence-electron chi connectivity index (χ3n) is 9.18. The lowest BCUT2D eigenvalue weighted by molar-refractivity contribution is -0.130. The first-order valence-electron chi connectivity index (χ1n) is 11.6. The highest BCUT2D eigenvalue weighted by atomic mass is 32.2. The van der Waals surface area contributed by atoms with Gasteiger partial charge in [0.15, 0.2) is 0 Å². The van der Waals surface area contributed by atoms with Gasteiger partial charge in [-0.1, -0.05) is 19.9 Å². The van der Waals surface area contributed by atoms with Gasteiger partial charge in [0.2, 0.25) is 5.91 Å². The van der Waals surface area contributed by atoms with Gasteiger partial charge in [-0.05, 0) is 48.3 Å². The number of hydrogen-bond acceptors (Lipinski definition) is 6. The van der Waals surface area contributed by atoms with Gasteiger partial charge in [-0.3, -0.25) is 9.59 Å². The molecule has 0 bridgehead atoms. The summed E-state index contributed by atoms with van der Waals surface area (Å²) in [5, 5.41) is 6.28. The van der Waals surface area contributed by atoms with Crippen LogP contribution in [-0.4, -0.2) is 69.0 Å². The Labute approximate surface area is 189 Å². The van der Waals surface area contributed by atoms with Crippen molar-refractivity contribution in [2.75, 3.05) is 32.8 Å². The molecule has 10 heteroatoms. The first-order valence-corrected chi connectivity index (χ1v) is 13.0. The molecule has 0 aromatic rings. The van der Waals surface area contributed by atoms with Crippen LogP contribution in [0.15, 0.2) is 12.7 Å². The number of rotatable bonds is 6. The van der Waals surface area contributed by atoms with Crippen LogP contribution >= 0.6 is 0 Å². The van der Waals surface area contributed by atoms with Crippen LogP contribution in [0.5, 0.6) is 0 Å². The molecule has 5 rings (SSSR count). The van der Waals surface area contributed by atoms with E-state index in [0.717, 1.165) is 19.4 Å². The fourth-order valence-electron chi connectivity index (χ4n) is 6.71. The minimum absolute atomic E-state index is 0.174. The number of nitrogens with one attached hydrogen (secondary N) is 3. The van der Waals surface area contributed by atoms with Gasteiger partial charge in [0, 0.05) is 25.6 Å². The van der Waals surface area contributed by atoms with Gasteiger partial charge in [0.05, 0.1) is 19.3 Å². The number of ether oxygens (including phenoxy) is 1. The van der Waals surface area contributed by atoms with Crippen LogP contribution in [0.4, 0.5) is 0 Å². The van der Waals surface area contributed by atoms with Crippen LogP contribution in [0.3, 0.4) is 0 Å². The first kappa shape index (κ1) is 22.3. The molecule has 2 amide bonds. The Balaban J connectivity index is 1.24. The number of carbonyl (C=O) groups excluding carboxylic acids is 2. The van der Waals surface area contributed by atoms with Gasteiger partial charge in [0.1, 0.15) is 5.54 Å². The van der Waals surface area contributed by atoms with Crippen molar-refractivity contribution < 1.29 is 22.7 Å². The normalized spacial score (nSPS) is 42.3. The Kier molecular flexibility index (Phi) is 4.88. The fraction of sp³-hybridized carbons (Fsp3) is 0.818. The Morgan fingerprint density at radius 2 is 1.91 bits per heavy atom. The Hall–Kier alpha value is -1.49. The largest absolute Gasteiger partial charge is 0.379 e. The molecule has 2 spiro atoms. The number of amides is 2. The van der Waals surface area contributed by atoms with Gasteiger partial charge < -0.3 is 15.4 Å². The maximum absolute atomic E-state index is 13.2. The van der Waals surface area contributed by atoms with Crippen LogP contribution in [-0.2, 0) is 24.5 Å². The van der Waals surface area contributed by atoms with E-state index < -0.39 is 21.7 Å². The minimum atomic E-state index is -3.99. The summed E-state index contributed by atoms with van der Waals surface area (Å²) in [7, 11) is -3.99. The molecule has 0 aromatic carbocycles. The van der Waals surface area contributed by atoms with E-state index in [1.165, 1.54) is 17.1 Å². The average Bonchev–Trinajstić information content (AvgIpc) is 3.59. The van der Waals surface area contributed by atoms with Crippen LogP contribution < -0.4 is 15.4 Å². The van der Waals surface area contributed by atoms with Crippen molar-refractivity contribution in [3.8, 4) is 0 Å². The van der Waals surface area contributed by atoms with E-state index in [0.29, 0.717) is 30.5 Å². The molecule has 5 fully saturated rings. The van der Waals surface area contributed by atoms with Crippen molar-refractivity contribution in [3.05, 3.63) is 12.7 Å². The first-order chi connectivity index (χ1) is 15.0. The minimum Gasteiger partial charge on any atom is -0.379 e. The quantitative estimate of drug-likeness (QED) is 0.485. The zero-order valence-corrected chi connectivity index (χ0v) is 19.7. The summed E-state index contributed by atoms with van der Waals surface area (Å²) in [5.74, 6) is -1.22. The summed E-state index contributed by atoms with van der Waals surface area (Å²) < 4.78 is 33.9. The van der Waals surface area contributed by atoms with Crippen molar-refractivity contribution in [2.24, 2.45) is 22.2 Å². The fourth-order valence-corrected chi connectivity index (χ4v) is 7.89. The molecule has 2 saturated heterocycles. The van der Waals surface area contributed by atoms with Gasteiger partial charge in [0.25, 0.3) is 5.91 Å². The lowest BCUT2D eigenvalue weighted by atomic mass is 9.56. The summed E-state index contributed by atoms with van der Waals surface area (Å²) in [6.07, 6.45) is 6.33. The van der Waals surface area contributed by atoms with Crippen molar-refractivity contribution >= 4 is 22.0 Å². The summed E-state index contributed by atoms with van der Waals surface area (Å²) in [4.78, 5) is 26.2. The third kappa shape index (κ3) is 3.09. The number of fused-ring (bicyclic) bond motifs is 1. The van der Waals surface area contributed by atoms with Gasteiger partial charge >= 0.3 is 10.2 Å². The second kappa shape index (κ2) is 7.01. The van der Waals surface area contributed by atoms with Crippen molar-refractivity contribution in [1.82, 2.24) is 19.7 Å². The molecule has 3 unspecified atom stereocenters. The predicted molar refractivity (Wildman–Crippen MR) is 118 cm³/mol. The van der Waals surface area contributed by atoms with E-state index >= 15 is 0 Å². The molecule has 0 aromatic heterocycles. The Morgan fingerprint density at radius 1 is 1.19 bits per heavy atom. The van der Waals surface area contributed by atoms with E-state index in [-0.39, 0.29) is 36.4 Å². The molecule has 2 heterocycles. The summed E-state index contributed by atoms with van der Waals surface area (Å²) in [6.45, 7) is 10.2. The molecule has 178 valence electrons. The van der Waals surface area contributed by atoms with Crippen LogP contribution in [0, 0.1) is 22.2 Å². The summed E-state index contributed by atoms with van der Waals surface area (Å²) in [6, 6.07) is -0.364. The molecular formula is C22H34N4O5S. The second-order valence-corrected chi connectivity index (χ2v) is 12.7. The maximum Gasteiger partial charge on any atom is 0.304 e. The van der Waals surface area contributed by atoms with E-state index in [1.54, 1.807) is 6.08 Å². The zero-order valence-electron chi connectivity index (χ0n) is 18.9. The van der Waals surface area contributed by atoms with Crippen LogP contribution in [0.2, 0.25) is 0 Å². The van der Waals surface area contributed by atoms with Gasteiger partial charge in [-0.25, -0.2) is 4.72 Å². The van der Waals surface area contributed by atoms with E-state index in [2.05, 4.69) is 35.8 Å². The van der Waals surface area contributed by atoms with Crippen LogP contribution in [0.25, 0.3) is 0 Å². The standard InChI is InChI=1S/C22H34N4O5S/c1-4-15-11-22(15,18(28)25-32(29,30)26-7-9-31-10-8-26)24-17(27)16-12-20(14-23-16)13-21(20)6-5-19(21,2)3/h4,15-16,23H,1,5-14H2,2-3H3,(H,24,27)(H,25,28)/t15-,16?,20?,21?,22-/m1/s1. The number of carbonyl (C=O) groups is 2. The monoisotopic (exact) mass is 466 g/mol. The molecule has 32 heavy (non-hydrogen) atoms. The van der Waals surface area contributed by atoms with Crippen molar-refractivity contribution in [1.29, 1.82) is 0 Å². The smallest absolute Gasteiger partial charge is 0.304 e. The number of morpholine rings is 1. The average molecular weight is 467 g/mol.